The second-order valence-corrected chi connectivity index (χ2v) is 7.84. The number of ketones is 1. The minimum absolute atomic E-state index is 0.116. The van der Waals surface area contributed by atoms with Crippen LogP contribution in [0.25, 0.3) is 10.1 Å². The lowest BCUT2D eigenvalue weighted by Gasteiger charge is -2.44. The molecule has 2 nitrogen and oxygen atoms in total. The van der Waals surface area contributed by atoms with Crippen LogP contribution in [0, 0.1) is 17.7 Å². The molecule has 22 heavy (non-hydrogen) atoms. The van der Waals surface area contributed by atoms with E-state index in [9.17, 15) is 9.18 Å². The molecule has 116 valence electrons. The first-order valence-electron chi connectivity index (χ1n) is 7.75. The molecule has 0 unspecified atom stereocenters. The highest BCUT2D eigenvalue weighted by Crippen LogP contribution is 2.39. The molecule has 3 aliphatic heterocycles. The van der Waals surface area contributed by atoms with Gasteiger partial charge in [-0.15, -0.1) is 11.3 Å². The van der Waals surface area contributed by atoms with Gasteiger partial charge in [0.25, 0.3) is 0 Å². The summed E-state index contributed by atoms with van der Waals surface area (Å²) in [6.45, 7) is 3.39. The van der Waals surface area contributed by atoms with Crippen molar-refractivity contribution in [3.63, 3.8) is 0 Å². The van der Waals surface area contributed by atoms with Crippen molar-refractivity contribution in [1.29, 1.82) is 0 Å². The topological polar surface area (TPSA) is 20.3 Å². The van der Waals surface area contributed by atoms with E-state index < -0.39 is 0 Å². The molecule has 3 aliphatic rings. The average Bonchev–Trinajstić information content (AvgIpc) is 2.85. The maximum atomic E-state index is 13.3. The molecule has 2 bridgehead atoms. The fourth-order valence-electron chi connectivity index (χ4n) is 3.87. The molecule has 0 amide bonds. The van der Waals surface area contributed by atoms with E-state index in [2.05, 4.69) is 4.90 Å². The van der Waals surface area contributed by atoms with Crippen molar-refractivity contribution in [3.8, 4) is 0 Å². The number of rotatable bonds is 3. The van der Waals surface area contributed by atoms with E-state index >= 15 is 0 Å². The van der Waals surface area contributed by atoms with E-state index in [0.29, 0.717) is 28.2 Å². The van der Waals surface area contributed by atoms with Crippen LogP contribution >= 0.6 is 22.9 Å². The van der Waals surface area contributed by atoms with E-state index in [4.69, 9.17) is 11.6 Å². The Morgan fingerprint density at radius 1 is 1.36 bits per heavy atom. The van der Waals surface area contributed by atoms with Gasteiger partial charge in [-0.1, -0.05) is 11.6 Å². The second-order valence-electron chi connectivity index (χ2n) is 6.41. The van der Waals surface area contributed by atoms with Gasteiger partial charge in [0.05, 0.1) is 9.90 Å². The van der Waals surface area contributed by atoms with Crippen LogP contribution in [0.3, 0.4) is 0 Å². The molecular formula is C17H17ClFNOS. The van der Waals surface area contributed by atoms with Gasteiger partial charge in [-0.05, 0) is 56.0 Å². The molecule has 5 rings (SSSR count). The van der Waals surface area contributed by atoms with Gasteiger partial charge in [-0.3, -0.25) is 4.79 Å². The van der Waals surface area contributed by atoms with Crippen molar-refractivity contribution in [3.05, 3.63) is 33.9 Å². The fourth-order valence-corrected chi connectivity index (χ4v) is 5.38. The van der Waals surface area contributed by atoms with Gasteiger partial charge in [0.15, 0.2) is 5.78 Å². The molecule has 3 fully saturated rings. The van der Waals surface area contributed by atoms with Crippen molar-refractivity contribution in [2.24, 2.45) is 11.8 Å². The Bertz CT molecular complexity index is 736. The smallest absolute Gasteiger partial charge is 0.174 e. The van der Waals surface area contributed by atoms with Crippen LogP contribution in [-0.4, -0.2) is 30.3 Å². The summed E-state index contributed by atoms with van der Waals surface area (Å²) in [5.41, 5.74) is 0. The van der Waals surface area contributed by atoms with Gasteiger partial charge in [0.2, 0.25) is 0 Å². The molecule has 0 radical (unpaired) electrons. The van der Waals surface area contributed by atoms with Crippen molar-refractivity contribution in [2.45, 2.75) is 19.3 Å². The number of thiophene rings is 1. The monoisotopic (exact) mass is 337 g/mol. The predicted octanol–water partition coefficient (Wildman–Crippen LogP) is 4.61. The third-order valence-corrected chi connectivity index (χ3v) is 6.78. The maximum absolute atomic E-state index is 13.3. The first kappa shape index (κ1) is 14.6. The Morgan fingerprint density at radius 2 is 2.14 bits per heavy atom. The molecule has 5 heteroatoms. The first-order chi connectivity index (χ1) is 10.6. The zero-order valence-corrected chi connectivity index (χ0v) is 13.7. The van der Waals surface area contributed by atoms with Crippen LogP contribution < -0.4 is 0 Å². The average molecular weight is 338 g/mol. The molecule has 1 aromatic heterocycles. The Kier molecular flexibility index (Phi) is 3.71. The molecule has 4 heterocycles. The number of benzene rings is 1. The maximum Gasteiger partial charge on any atom is 0.174 e. The number of Topliss-reactive ketones (excluding diaryl/α,β-unsaturated/α-hetero) is 1. The molecule has 0 saturated carbocycles. The van der Waals surface area contributed by atoms with Crippen molar-refractivity contribution >= 4 is 38.8 Å². The number of piperidine rings is 3. The van der Waals surface area contributed by atoms with Crippen LogP contribution in [0.4, 0.5) is 4.39 Å². The number of halogens is 2. The van der Waals surface area contributed by atoms with E-state index in [1.807, 2.05) is 0 Å². The van der Waals surface area contributed by atoms with Crippen LogP contribution in [0.5, 0.6) is 0 Å². The summed E-state index contributed by atoms with van der Waals surface area (Å²) in [6, 6.07) is 4.51. The molecule has 0 spiro atoms. The molecule has 3 saturated heterocycles. The van der Waals surface area contributed by atoms with Gasteiger partial charge in [-0.2, -0.15) is 0 Å². The minimum Gasteiger partial charge on any atom is -0.303 e. The predicted molar refractivity (Wildman–Crippen MR) is 88.4 cm³/mol. The number of fused-ring (bicyclic) bond motifs is 4. The molecule has 1 atom stereocenters. The first-order valence-corrected chi connectivity index (χ1v) is 8.94. The van der Waals surface area contributed by atoms with Crippen molar-refractivity contribution < 1.29 is 9.18 Å². The molecule has 2 aromatic rings. The van der Waals surface area contributed by atoms with E-state index in [1.54, 1.807) is 6.07 Å². The van der Waals surface area contributed by atoms with Crippen LogP contribution in [0.2, 0.25) is 5.02 Å². The summed E-state index contributed by atoms with van der Waals surface area (Å²) in [5, 5.41) is 1.27. The molecule has 1 aromatic carbocycles. The SMILES string of the molecule is O=C(C[C@H]1CN2CCC1CC2)c1sc2cc(F)ccc2c1Cl. The number of hydrogen-bond acceptors (Lipinski definition) is 3. The zero-order chi connectivity index (χ0) is 15.3. The zero-order valence-electron chi connectivity index (χ0n) is 12.1. The third-order valence-electron chi connectivity index (χ3n) is 5.08. The van der Waals surface area contributed by atoms with Crippen LogP contribution in [0.1, 0.15) is 28.9 Å². The summed E-state index contributed by atoms with van der Waals surface area (Å²) >= 11 is 7.68. The summed E-state index contributed by atoms with van der Waals surface area (Å²) < 4.78 is 14.1. The Morgan fingerprint density at radius 3 is 2.82 bits per heavy atom. The number of nitrogens with zero attached hydrogens (tertiary/aromatic N) is 1. The number of hydrogen-bond donors (Lipinski definition) is 0. The summed E-state index contributed by atoms with van der Waals surface area (Å²) in [6.07, 6.45) is 2.99. The van der Waals surface area contributed by atoms with Gasteiger partial charge >= 0.3 is 0 Å². The fraction of sp³-hybridized carbons (Fsp3) is 0.471. The lowest BCUT2D eigenvalue weighted by Crippen LogP contribution is -2.47. The Balaban J connectivity index is 1.59. The van der Waals surface area contributed by atoms with E-state index in [0.717, 1.165) is 16.6 Å². The summed E-state index contributed by atoms with van der Waals surface area (Å²) in [4.78, 5) is 15.7. The van der Waals surface area contributed by atoms with Gasteiger partial charge < -0.3 is 4.90 Å². The number of carbonyl (C=O) groups is 1. The Hall–Kier alpha value is -0.970. The van der Waals surface area contributed by atoms with Crippen LogP contribution in [-0.2, 0) is 0 Å². The minimum atomic E-state index is -0.290. The van der Waals surface area contributed by atoms with Crippen molar-refractivity contribution in [1.82, 2.24) is 4.90 Å². The summed E-state index contributed by atoms with van der Waals surface area (Å²) in [5.74, 6) is 0.958. The molecular weight excluding hydrogens is 321 g/mol. The van der Waals surface area contributed by atoms with Gasteiger partial charge in [0, 0.05) is 23.1 Å². The highest BCUT2D eigenvalue weighted by Gasteiger charge is 2.35. The van der Waals surface area contributed by atoms with Crippen molar-refractivity contribution in [2.75, 3.05) is 19.6 Å². The molecule has 0 N–H and O–H groups in total. The lowest BCUT2D eigenvalue weighted by atomic mass is 9.76. The largest absolute Gasteiger partial charge is 0.303 e. The number of carbonyl (C=O) groups excluding carboxylic acids is 1. The second kappa shape index (κ2) is 5.59. The third kappa shape index (κ3) is 2.47. The highest BCUT2D eigenvalue weighted by molar-refractivity contribution is 7.21. The van der Waals surface area contributed by atoms with Gasteiger partial charge in [-0.25, -0.2) is 4.39 Å². The van der Waals surface area contributed by atoms with E-state index in [-0.39, 0.29) is 11.6 Å². The quantitative estimate of drug-likeness (QED) is 0.762. The summed E-state index contributed by atoms with van der Waals surface area (Å²) in [7, 11) is 0. The van der Waals surface area contributed by atoms with Gasteiger partial charge in [0.1, 0.15) is 5.82 Å². The highest BCUT2D eigenvalue weighted by atomic mass is 35.5. The lowest BCUT2D eigenvalue weighted by molar-refractivity contribution is 0.0442. The Labute approximate surface area is 137 Å². The molecule has 0 aliphatic carbocycles. The standard InChI is InChI=1S/C17H17ClFNOS/c18-16-13-2-1-12(19)8-15(13)22-17(16)14(21)7-11-9-20-5-3-10(11)4-6-20/h1-2,8,10-11H,3-7,9H2/t11-/m0/s1. The van der Waals surface area contributed by atoms with E-state index in [1.165, 1.54) is 49.4 Å². The van der Waals surface area contributed by atoms with Crippen LogP contribution in [0.15, 0.2) is 18.2 Å². The normalized spacial score (nSPS) is 27.5.